The topological polar surface area (TPSA) is 132 Å². The molecule has 0 heterocycles. The van der Waals surface area contributed by atoms with Crippen molar-refractivity contribution in [3.63, 3.8) is 0 Å². The van der Waals surface area contributed by atoms with Gasteiger partial charge in [0.25, 0.3) is 0 Å². The maximum Gasteiger partial charge on any atom is 0.472 e. The van der Waals surface area contributed by atoms with Crippen LogP contribution in [-0.4, -0.2) is 66.3 Å². The number of hydrogen-bond donors (Lipinski definition) is 3. The van der Waals surface area contributed by atoms with Crippen LogP contribution in [0.1, 0.15) is 213 Å². The summed E-state index contributed by atoms with van der Waals surface area (Å²) in [6.45, 7) is 3.52. The summed E-state index contributed by atoms with van der Waals surface area (Å²) in [5, 5.41) is 18.4. The lowest BCUT2D eigenvalue weighted by Gasteiger charge is -2.20. The predicted octanol–water partition coefficient (Wildman–Crippen LogP) is 12.6. The number of hydrogen-bond acceptors (Lipinski definition) is 8. The lowest BCUT2D eigenvalue weighted by atomic mass is 10.0. The molecule has 0 aromatic rings. The molecule has 0 bridgehead atoms. The van der Waals surface area contributed by atoms with Gasteiger partial charge >= 0.3 is 13.8 Å². The van der Waals surface area contributed by atoms with Gasteiger partial charge in [-0.2, -0.15) is 0 Å². The maximum atomic E-state index is 12.6. The molecule has 3 N–H and O–H groups in total. The Balaban J connectivity index is 4.10. The molecule has 0 aliphatic rings. The molecular weight excluding hydrogens is 715 g/mol. The number of phosphoric acid groups is 1. The summed E-state index contributed by atoms with van der Waals surface area (Å²) in [6, 6.07) is 0. The highest BCUT2D eigenvalue weighted by molar-refractivity contribution is 7.47. The minimum absolute atomic E-state index is 0.0513. The van der Waals surface area contributed by atoms with E-state index in [0.717, 1.165) is 44.9 Å². The number of unbranched alkanes of at least 4 members (excludes halogenated alkanes) is 26. The summed E-state index contributed by atoms with van der Waals surface area (Å²) < 4.78 is 33.4. The van der Waals surface area contributed by atoms with Crippen LogP contribution in [0.5, 0.6) is 0 Å². The van der Waals surface area contributed by atoms with Crippen LogP contribution in [0, 0.1) is 0 Å². The summed E-state index contributed by atoms with van der Waals surface area (Å²) in [4.78, 5) is 22.6. The Morgan fingerprint density at radius 2 is 0.982 bits per heavy atom. The fourth-order valence-corrected chi connectivity index (χ4v) is 7.18. The minimum Gasteiger partial charge on any atom is -0.457 e. The highest BCUT2D eigenvalue weighted by Crippen LogP contribution is 2.43. The molecule has 0 fully saturated rings. The molecule has 3 unspecified atom stereocenters. The highest BCUT2D eigenvalue weighted by Gasteiger charge is 2.26. The van der Waals surface area contributed by atoms with Crippen molar-refractivity contribution < 1.29 is 43.0 Å². The van der Waals surface area contributed by atoms with Crippen LogP contribution in [-0.2, 0) is 27.9 Å². The van der Waals surface area contributed by atoms with Gasteiger partial charge in [0.05, 0.1) is 26.4 Å². The van der Waals surface area contributed by atoms with Crippen molar-refractivity contribution in [2.45, 2.75) is 225 Å². The van der Waals surface area contributed by atoms with E-state index in [2.05, 4.69) is 38.2 Å². The predicted molar refractivity (Wildman–Crippen MR) is 228 cm³/mol. The third-order valence-electron chi connectivity index (χ3n) is 9.89. The molecule has 326 valence electrons. The second-order valence-electron chi connectivity index (χ2n) is 15.4. The Bertz CT molecular complexity index is 913. The van der Waals surface area contributed by atoms with Crippen LogP contribution in [0.4, 0.5) is 0 Å². The van der Waals surface area contributed by atoms with Crippen LogP contribution in [0.3, 0.4) is 0 Å². The van der Waals surface area contributed by atoms with Gasteiger partial charge in [0.2, 0.25) is 0 Å². The summed E-state index contributed by atoms with van der Waals surface area (Å²) in [6.07, 6.45) is 44.2. The van der Waals surface area contributed by atoms with Gasteiger partial charge in [0.1, 0.15) is 12.2 Å². The zero-order chi connectivity index (χ0) is 40.3. The van der Waals surface area contributed by atoms with Gasteiger partial charge < -0.3 is 24.6 Å². The standard InChI is InChI=1S/C45H87O9P/c1-3-5-7-9-11-13-15-17-19-20-21-22-23-24-26-28-30-32-34-36-38-51-41-44(42-53-55(49,50)52-40-43(47)39-46)54-45(48)37-35-33-31-29-27-25-18-16-14-12-10-8-6-4-2/h11,13,17,19,43-44,46-47H,3-10,12,14-16,18,20-42H2,1-2H3,(H,49,50)/b13-11-,19-17-. The molecule has 0 aromatic heterocycles. The molecule has 0 rings (SSSR count). The van der Waals surface area contributed by atoms with Crippen LogP contribution in [0.25, 0.3) is 0 Å². The Morgan fingerprint density at radius 1 is 0.564 bits per heavy atom. The SMILES string of the molecule is CCCCC/C=C\C/C=C\CCCCCCCCCCCCOCC(COP(=O)(O)OCC(O)CO)OC(=O)CCCCCCCCCCCCCCCC. The van der Waals surface area contributed by atoms with Crippen LogP contribution < -0.4 is 0 Å². The second kappa shape index (κ2) is 42.5. The summed E-state index contributed by atoms with van der Waals surface area (Å²) >= 11 is 0. The molecule has 0 amide bonds. The monoisotopic (exact) mass is 803 g/mol. The van der Waals surface area contributed by atoms with E-state index in [1.54, 1.807) is 0 Å². The van der Waals surface area contributed by atoms with Gasteiger partial charge in [-0.1, -0.05) is 186 Å². The number of ether oxygens (including phenoxy) is 2. The van der Waals surface area contributed by atoms with Gasteiger partial charge in [-0.25, -0.2) is 4.57 Å². The average Bonchev–Trinajstić information content (AvgIpc) is 3.18. The first-order valence-corrected chi connectivity index (χ1v) is 24.3. The summed E-state index contributed by atoms with van der Waals surface area (Å²) in [7, 11) is -4.51. The number of esters is 1. The molecule has 0 radical (unpaired) electrons. The fourth-order valence-electron chi connectivity index (χ4n) is 6.39. The molecule has 0 aromatic carbocycles. The average molecular weight is 803 g/mol. The van der Waals surface area contributed by atoms with E-state index in [4.69, 9.17) is 23.6 Å². The molecule has 55 heavy (non-hydrogen) atoms. The summed E-state index contributed by atoms with van der Waals surface area (Å²) in [5.41, 5.74) is 0. The Hall–Kier alpha value is -1.06. The van der Waals surface area contributed by atoms with Crippen LogP contribution >= 0.6 is 7.82 Å². The summed E-state index contributed by atoms with van der Waals surface area (Å²) in [5.74, 6) is -0.381. The largest absolute Gasteiger partial charge is 0.472 e. The molecule has 0 aliphatic heterocycles. The molecular formula is C45H87O9P. The normalized spacial score (nSPS) is 14.2. The van der Waals surface area contributed by atoms with Gasteiger partial charge in [-0.3, -0.25) is 13.8 Å². The Labute approximate surface area is 338 Å². The molecule has 0 aliphatic carbocycles. The number of phosphoric ester groups is 1. The van der Waals surface area contributed by atoms with E-state index in [-0.39, 0.29) is 25.6 Å². The third kappa shape index (κ3) is 42.4. The second-order valence-corrected chi connectivity index (χ2v) is 16.9. The number of carbonyl (C=O) groups is 1. The molecule has 0 spiro atoms. The number of allylic oxidation sites excluding steroid dienone is 4. The van der Waals surface area contributed by atoms with Crippen molar-refractivity contribution in [1.29, 1.82) is 0 Å². The van der Waals surface area contributed by atoms with Crippen LogP contribution in [0.2, 0.25) is 0 Å². The van der Waals surface area contributed by atoms with E-state index < -0.39 is 33.2 Å². The number of aliphatic hydroxyl groups is 2. The van der Waals surface area contributed by atoms with Crippen LogP contribution in [0.15, 0.2) is 24.3 Å². The number of aliphatic hydroxyl groups excluding tert-OH is 2. The molecule has 0 saturated heterocycles. The minimum atomic E-state index is -4.51. The van der Waals surface area contributed by atoms with E-state index in [0.29, 0.717) is 6.61 Å². The number of rotatable bonds is 44. The van der Waals surface area contributed by atoms with Crippen molar-refractivity contribution in [2.24, 2.45) is 0 Å². The lowest BCUT2D eigenvalue weighted by Crippen LogP contribution is -2.29. The smallest absolute Gasteiger partial charge is 0.457 e. The molecule has 9 nitrogen and oxygen atoms in total. The van der Waals surface area contributed by atoms with E-state index in [9.17, 15) is 19.4 Å². The van der Waals surface area contributed by atoms with Crippen molar-refractivity contribution in [3.05, 3.63) is 24.3 Å². The number of carbonyl (C=O) groups excluding carboxylic acids is 1. The van der Waals surface area contributed by atoms with Gasteiger partial charge in [0.15, 0.2) is 0 Å². The van der Waals surface area contributed by atoms with Crippen molar-refractivity contribution in [2.75, 3.05) is 33.0 Å². The first-order valence-electron chi connectivity index (χ1n) is 22.8. The Kier molecular flexibility index (Phi) is 41.7. The Morgan fingerprint density at radius 3 is 1.49 bits per heavy atom. The van der Waals surface area contributed by atoms with Crippen molar-refractivity contribution >= 4 is 13.8 Å². The zero-order valence-corrected chi connectivity index (χ0v) is 36.6. The zero-order valence-electron chi connectivity index (χ0n) is 35.7. The van der Waals surface area contributed by atoms with E-state index in [1.807, 2.05) is 0 Å². The van der Waals surface area contributed by atoms with Gasteiger partial charge in [-0.05, 0) is 44.9 Å². The lowest BCUT2D eigenvalue weighted by molar-refractivity contribution is -0.154. The molecule has 0 saturated carbocycles. The van der Waals surface area contributed by atoms with Crippen molar-refractivity contribution in [3.8, 4) is 0 Å². The quantitative estimate of drug-likeness (QED) is 0.0238. The van der Waals surface area contributed by atoms with Gasteiger partial charge in [0, 0.05) is 13.0 Å². The first-order chi connectivity index (χ1) is 26.8. The molecule has 3 atom stereocenters. The van der Waals surface area contributed by atoms with E-state index in [1.165, 1.54) is 148 Å². The van der Waals surface area contributed by atoms with Gasteiger partial charge in [-0.15, -0.1) is 0 Å². The van der Waals surface area contributed by atoms with Crippen molar-refractivity contribution in [1.82, 2.24) is 0 Å². The van der Waals surface area contributed by atoms with E-state index >= 15 is 0 Å². The molecule has 10 heteroatoms. The first kappa shape index (κ1) is 53.9. The highest BCUT2D eigenvalue weighted by atomic mass is 31.2. The fraction of sp³-hybridized carbons (Fsp3) is 0.889. The third-order valence-corrected chi connectivity index (χ3v) is 10.8. The maximum absolute atomic E-state index is 12.6.